The van der Waals surface area contributed by atoms with Gasteiger partial charge in [-0.1, -0.05) is 25.3 Å². The molecule has 0 unspecified atom stereocenters. The number of hydrogen-bond donors (Lipinski definition) is 0. The van der Waals surface area contributed by atoms with Crippen molar-refractivity contribution in [3.8, 4) is 0 Å². The first-order valence-corrected chi connectivity index (χ1v) is 10.4. The highest BCUT2D eigenvalue weighted by Crippen LogP contribution is 2.40. The van der Waals surface area contributed by atoms with Crippen LogP contribution < -0.4 is 0 Å². The van der Waals surface area contributed by atoms with E-state index in [0.717, 1.165) is 24.4 Å². The number of pyridine rings is 1. The number of carbonyl (C=O) groups excluding carboxylic acids is 1. The van der Waals surface area contributed by atoms with Crippen LogP contribution in [0.1, 0.15) is 77.3 Å². The second-order valence-corrected chi connectivity index (χ2v) is 9.40. The van der Waals surface area contributed by atoms with Gasteiger partial charge < -0.3 is 9.64 Å². The fourth-order valence-corrected chi connectivity index (χ4v) is 5.07. The average molecular weight is 363 g/mol. The molecule has 0 N–H and O–H groups in total. The van der Waals surface area contributed by atoms with Crippen LogP contribution in [0.2, 0.25) is 0 Å². The Morgan fingerprint density at radius 1 is 1.20 bits per heavy atom. The van der Waals surface area contributed by atoms with Gasteiger partial charge in [0.15, 0.2) is 0 Å². The van der Waals surface area contributed by atoms with Crippen LogP contribution in [0.5, 0.6) is 0 Å². The Balaban J connectivity index is 1.76. The van der Waals surface area contributed by atoms with Gasteiger partial charge in [0.25, 0.3) is 0 Å². The van der Waals surface area contributed by atoms with Gasteiger partial charge in [0.2, 0.25) is 0 Å². The molecule has 3 rings (SSSR count). The van der Waals surface area contributed by atoms with Gasteiger partial charge in [-0.05, 0) is 52.5 Å². The summed E-state index contributed by atoms with van der Waals surface area (Å²) in [6, 6.07) is 4.23. The van der Waals surface area contributed by atoms with E-state index in [1.54, 1.807) is 0 Å². The quantitative estimate of drug-likeness (QED) is 0.704. The van der Waals surface area contributed by atoms with Crippen LogP contribution in [0.25, 0.3) is 0 Å². The van der Waals surface area contributed by atoms with E-state index in [0.29, 0.717) is 5.25 Å². The van der Waals surface area contributed by atoms with Crippen molar-refractivity contribution < 1.29 is 9.53 Å². The molecule has 2 fully saturated rings. The summed E-state index contributed by atoms with van der Waals surface area (Å²) < 4.78 is 5.62. The summed E-state index contributed by atoms with van der Waals surface area (Å²) in [6.07, 6.45) is 10.3. The van der Waals surface area contributed by atoms with Crippen molar-refractivity contribution in [2.45, 2.75) is 87.6 Å². The molecule has 1 amide bonds. The van der Waals surface area contributed by atoms with E-state index in [1.165, 1.54) is 37.7 Å². The molecule has 1 aliphatic heterocycles. The first kappa shape index (κ1) is 18.6. The van der Waals surface area contributed by atoms with Crippen LogP contribution in [0.15, 0.2) is 23.4 Å². The van der Waals surface area contributed by atoms with Gasteiger partial charge in [-0.15, -0.1) is 11.8 Å². The van der Waals surface area contributed by atoms with E-state index in [1.807, 2.05) is 49.7 Å². The Hall–Kier alpha value is -1.23. The summed E-state index contributed by atoms with van der Waals surface area (Å²) in [4.78, 5) is 19.2. The molecule has 0 bridgehead atoms. The highest BCUT2D eigenvalue weighted by Gasteiger charge is 2.35. The van der Waals surface area contributed by atoms with Crippen LogP contribution in [0, 0.1) is 0 Å². The molecule has 1 saturated carbocycles. The molecule has 138 valence electrons. The maximum absolute atomic E-state index is 12.6. The van der Waals surface area contributed by atoms with Crippen molar-refractivity contribution in [3.05, 3.63) is 23.9 Å². The Morgan fingerprint density at radius 3 is 2.68 bits per heavy atom. The first-order valence-electron chi connectivity index (χ1n) is 9.55. The predicted octanol–water partition coefficient (Wildman–Crippen LogP) is 5.58. The summed E-state index contributed by atoms with van der Waals surface area (Å²) in [6.45, 7) is 6.53. The third-order valence-corrected chi connectivity index (χ3v) is 6.24. The topological polar surface area (TPSA) is 42.4 Å². The number of nitrogens with zero attached hydrogens (tertiary/aromatic N) is 2. The lowest BCUT2D eigenvalue weighted by atomic mass is 10.0. The minimum absolute atomic E-state index is 0.0923. The monoisotopic (exact) mass is 362 g/mol. The van der Waals surface area contributed by atoms with Gasteiger partial charge in [-0.25, -0.2) is 9.78 Å². The average Bonchev–Trinajstić information content (AvgIpc) is 3.04. The van der Waals surface area contributed by atoms with Crippen molar-refractivity contribution in [1.82, 2.24) is 9.88 Å². The number of carbonyl (C=O) groups is 1. The highest BCUT2D eigenvalue weighted by atomic mass is 32.2. The predicted molar refractivity (Wildman–Crippen MR) is 102 cm³/mol. The lowest BCUT2D eigenvalue weighted by Gasteiger charge is -2.30. The van der Waals surface area contributed by atoms with Gasteiger partial charge in [0.1, 0.15) is 10.6 Å². The summed E-state index contributed by atoms with van der Waals surface area (Å²) in [5.74, 6) is 0. The molecule has 1 atom stereocenters. The van der Waals surface area contributed by atoms with E-state index in [2.05, 4.69) is 11.1 Å². The van der Waals surface area contributed by atoms with Gasteiger partial charge in [-0.3, -0.25) is 0 Å². The Bertz CT molecular complexity index is 594. The number of amides is 1. The molecular weight excluding hydrogens is 332 g/mol. The van der Waals surface area contributed by atoms with E-state index < -0.39 is 5.60 Å². The number of aromatic nitrogens is 1. The van der Waals surface area contributed by atoms with E-state index in [9.17, 15) is 4.79 Å². The lowest BCUT2D eigenvalue weighted by molar-refractivity contribution is 0.0222. The molecule has 0 aromatic carbocycles. The zero-order chi connectivity index (χ0) is 17.9. The Morgan fingerprint density at radius 2 is 1.96 bits per heavy atom. The van der Waals surface area contributed by atoms with Gasteiger partial charge in [-0.2, -0.15) is 0 Å². The van der Waals surface area contributed by atoms with E-state index >= 15 is 0 Å². The number of thioether (sulfide) groups is 1. The molecule has 5 heteroatoms. The maximum Gasteiger partial charge on any atom is 0.410 e. The van der Waals surface area contributed by atoms with Crippen molar-refractivity contribution in [1.29, 1.82) is 0 Å². The first-order chi connectivity index (χ1) is 11.9. The van der Waals surface area contributed by atoms with Gasteiger partial charge in [0.05, 0.1) is 6.04 Å². The fraction of sp³-hybridized carbons (Fsp3) is 0.700. The van der Waals surface area contributed by atoms with Crippen molar-refractivity contribution in [2.75, 3.05) is 6.54 Å². The lowest BCUT2D eigenvalue weighted by Crippen LogP contribution is -2.36. The van der Waals surface area contributed by atoms with Gasteiger partial charge >= 0.3 is 6.09 Å². The third kappa shape index (κ3) is 4.90. The highest BCUT2D eigenvalue weighted by molar-refractivity contribution is 7.99. The third-order valence-electron chi connectivity index (χ3n) is 4.87. The molecule has 0 radical (unpaired) electrons. The maximum atomic E-state index is 12.6. The Kier molecular flexibility index (Phi) is 5.92. The minimum Gasteiger partial charge on any atom is -0.444 e. The molecule has 1 aliphatic carbocycles. The second kappa shape index (κ2) is 7.98. The van der Waals surface area contributed by atoms with E-state index in [4.69, 9.17) is 4.74 Å². The van der Waals surface area contributed by atoms with Crippen LogP contribution in [-0.4, -0.2) is 33.4 Å². The fourth-order valence-electron chi connectivity index (χ4n) is 3.73. The molecule has 1 aromatic heterocycles. The SMILES string of the molecule is CC(C)(C)OC(=O)N1CCC[C@H]1c1cccnc1SC1CCCCC1. The van der Waals surface area contributed by atoms with Crippen LogP contribution >= 0.6 is 11.8 Å². The summed E-state index contributed by atoms with van der Waals surface area (Å²) in [5, 5.41) is 1.77. The molecule has 0 spiro atoms. The molecule has 2 aliphatic rings. The molecule has 1 saturated heterocycles. The van der Waals surface area contributed by atoms with Crippen LogP contribution in [0.4, 0.5) is 4.79 Å². The number of likely N-dealkylation sites (tertiary alicyclic amines) is 1. The minimum atomic E-state index is -0.459. The zero-order valence-corrected chi connectivity index (χ0v) is 16.5. The van der Waals surface area contributed by atoms with Crippen LogP contribution in [0.3, 0.4) is 0 Å². The van der Waals surface area contributed by atoms with Crippen molar-refractivity contribution in [3.63, 3.8) is 0 Å². The molecule has 1 aromatic rings. The largest absolute Gasteiger partial charge is 0.444 e. The molecule has 2 heterocycles. The number of rotatable bonds is 3. The summed E-state index contributed by atoms with van der Waals surface area (Å²) in [5.41, 5.74) is 0.736. The summed E-state index contributed by atoms with van der Waals surface area (Å²) in [7, 11) is 0. The zero-order valence-electron chi connectivity index (χ0n) is 15.7. The molecular formula is C20H30N2O2S. The molecule has 4 nitrogen and oxygen atoms in total. The standard InChI is InChI=1S/C20H30N2O2S/c1-20(2,3)24-19(23)22-14-8-12-17(22)16-11-7-13-21-18(16)25-15-9-5-4-6-10-15/h7,11,13,15,17H,4-6,8-10,12,14H2,1-3H3/t17-/m0/s1. The smallest absolute Gasteiger partial charge is 0.410 e. The van der Waals surface area contributed by atoms with Crippen LogP contribution in [-0.2, 0) is 4.74 Å². The van der Waals surface area contributed by atoms with Crippen molar-refractivity contribution in [2.24, 2.45) is 0 Å². The van der Waals surface area contributed by atoms with E-state index in [-0.39, 0.29) is 12.1 Å². The van der Waals surface area contributed by atoms with Gasteiger partial charge in [0, 0.05) is 23.6 Å². The second-order valence-electron chi connectivity index (χ2n) is 8.11. The summed E-state index contributed by atoms with van der Waals surface area (Å²) >= 11 is 1.92. The van der Waals surface area contributed by atoms with Crippen molar-refractivity contribution >= 4 is 17.9 Å². The Labute approximate surface area is 155 Å². The number of ether oxygens (including phenoxy) is 1. The molecule has 25 heavy (non-hydrogen) atoms. The normalized spacial score (nSPS) is 22.2. The number of hydrogen-bond acceptors (Lipinski definition) is 4.